The van der Waals surface area contributed by atoms with Crippen molar-refractivity contribution in [1.82, 2.24) is 9.97 Å². The molecule has 0 saturated heterocycles. The monoisotopic (exact) mass is 210 g/mol. The molecule has 2 aromatic heterocycles. The van der Waals surface area contributed by atoms with Gasteiger partial charge in [0.25, 0.3) is 0 Å². The van der Waals surface area contributed by atoms with Gasteiger partial charge in [-0.15, -0.1) is 11.3 Å². The molecular formula is C9H7ClN2S. The molecule has 0 amide bonds. The van der Waals surface area contributed by atoms with E-state index < -0.39 is 0 Å². The van der Waals surface area contributed by atoms with Gasteiger partial charge in [0.1, 0.15) is 5.15 Å². The first-order chi connectivity index (χ1) is 6.34. The van der Waals surface area contributed by atoms with Crippen LogP contribution in [0.3, 0.4) is 0 Å². The molecule has 0 unspecified atom stereocenters. The van der Waals surface area contributed by atoms with Crippen LogP contribution < -0.4 is 0 Å². The maximum atomic E-state index is 5.71. The van der Waals surface area contributed by atoms with Crippen molar-refractivity contribution in [2.45, 2.75) is 6.42 Å². The summed E-state index contributed by atoms with van der Waals surface area (Å²) in [6.45, 7) is 0. The smallest absolute Gasteiger partial charge is 0.140 e. The number of thiazole rings is 1. The third-order valence-corrected chi connectivity index (χ3v) is 2.80. The van der Waals surface area contributed by atoms with Gasteiger partial charge >= 0.3 is 0 Å². The first-order valence-electron chi connectivity index (χ1n) is 3.83. The molecule has 4 heteroatoms. The predicted molar refractivity (Wildman–Crippen MR) is 54.2 cm³/mol. The minimum atomic E-state index is 0.578. The molecule has 0 aliphatic carbocycles. The Labute approximate surface area is 85.2 Å². The van der Waals surface area contributed by atoms with E-state index in [1.54, 1.807) is 23.7 Å². The fourth-order valence-electron chi connectivity index (χ4n) is 1.04. The molecule has 2 rings (SSSR count). The van der Waals surface area contributed by atoms with Crippen LogP contribution in [0.2, 0.25) is 5.15 Å². The van der Waals surface area contributed by atoms with Crippen molar-refractivity contribution in [3.8, 4) is 0 Å². The third kappa shape index (κ3) is 2.26. The van der Waals surface area contributed by atoms with Gasteiger partial charge in [-0.25, -0.2) is 4.98 Å². The average molecular weight is 211 g/mol. The molecule has 0 saturated carbocycles. The summed E-state index contributed by atoms with van der Waals surface area (Å²) < 4.78 is 0. The lowest BCUT2D eigenvalue weighted by Crippen LogP contribution is -1.86. The Balaban J connectivity index is 2.15. The lowest BCUT2D eigenvalue weighted by molar-refractivity contribution is 1.12. The zero-order valence-electron chi connectivity index (χ0n) is 6.77. The van der Waals surface area contributed by atoms with E-state index in [0.717, 1.165) is 11.4 Å². The normalized spacial score (nSPS) is 10.2. The highest BCUT2D eigenvalue weighted by atomic mass is 35.5. The minimum Gasteiger partial charge on any atom is -0.265 e. The second-order valence-electron chi connectivity index (χ2n) is 2.60. The van der Waals surface area contributed by atoms with Crippen LogP contribution in [0, 0.1) is 0 Å². The highest BCUT2D eigenvalue weighted by molar-refractivity contribution is 7.10. The standard InChI is InChI=1S/C9H7ClN2S/c10-8-6-13-9(12-8)5-7-1-3-11-4-2-7/h1-4,6H,5H2. The largest absolute Gasteiger partial charge is 0.265 e. The minimum absolute atomic E-state index is 0.578. The Morgan fingerprint density at radius 2 is 2.08 bits per heavy atom. The Morgan fingerprint density at radius 1 is 1.31 bits per heavy atom. The van der Waals surface area contributed by atoms with Gasteiger partial charge in [0, 0.05) is 24.2 Å². The summed E-state index contributed by atoms with van der Waals surface area (Å²) in [5, 5.41) is 3.46. The van der Waals surface area contributed by atoms with Gasteiger partial charge in [-0.1, -0.05) is 11.6 Å². The number of aromatic nitrogens is 2. The number of nitrogens with zero attached hydrogens (tertiary/aromatic N) is 2. The van der Waals surface area contributed by atoms with E-state index >= 15 is 0 Å². The van der Waals surface area contributed by atoms with Gasteiger partial charge in [0.2, 0.25) is 0 Å². The van der Waals surface area contributed by atoms with Crippen LogP contribution in [-0.2, 0) is 6.42 Å². The van der Waals surface area contributed by atoms with E-state index in [0.29, 0.717) is 5.15 Å². The van der Waals surface area contributed by atoms with Crippen LogP contribution in [0.25, 0.3) is 0 Å². The van der Waals surface area contributed by atoms with Crippen molar-refractivity contribution >= 4 is 22.9 Å². The van der Waals surface area contributed by atoms with Crippen molar-refractivity contribution in [3.05, 3.63) is 45.6 Å². The van der Waals surface area contributed by atoms with Crippen molar-refractivity contribution in [3.63, 3.8) is 0 Å². The predicted octanol–water partition coefficient (Wildman–Crippen LogP) is 2.78. The highest BCUT2D eigenvalue weighted by Crippen LogP contribution is 2.17. The fraction of sp³-hybridized carbons (Fsp3) is 0.111. The highest BCUT2D eigenvalue weighted by Gasteiger charge is 2.00. The van der Waals surface area contributed by atoms with Crippen LogP contribution in [0.5, 0.6) is 0 Å². The number of halogens is 1. The molecule has 0 aliphatic heterocycles. The SMILES string of the molecule is Clc1csc(Cc2ccncc2)n1. The topological polar surface area (TPSA) is 25.8 Å². The molecule has 66 valence electrons. The van der Waals surface area contributed by atoms with Gasteiger partial charge in [-0.3, -0.25) is 4.98 Å². The maximum Gasteiger partial charge on any atom is 0.140 e. The Kier molecular flexibility index (Phi) is 2.57. The molecule has 13 heavy (non-hydrogen) atoms. The summed E-state index contributed by atoms with van der Waals surface area (Å²) in [5.74, 6) is 0. The molecule has 2 nitrogen and oxygen atoms in total. The van der Waals surface area contributed by atoms with E-state index in [9.17, 15) is 0 Å². The fourth-order valence-corrected chi connectivity index (χ4v) is 2.02. The van der Waals surface area contributed by atoms with Gasteiger partial charge in [0.15, 0.2) is 0 Å². The Morgan fingerprint density at radius 3 is 2.69 bits per heavy atom. The summed E-state index contributed by atoms with van der Waals surface area (Å²) in [6, 6.07) is 3.96. The second kappa shape index (κ2) is 3.85. The van der Waals surface area contributed by atoms with E-state index in [1.165, 1.54) is 5.56 Å². The average Bonchev–Trinajstić information content (AvgIpc) is 2.53. The number of rotatable bonds is 2. The molecule has 0 radical (unpaired) electrons. The molecule has 2 heterocycles. The lowest BCUT2D eigenvalue weighted by atomic mass is 10.2. The third-order valence-electron chi connectivity index (χ3n) is 1.63. The van der Waals surface area contributed by atoms with E-state index in [1.807, 2.05) is 17.5 Å². The van der Waals surface area contributed by atoms with Crippen LogP contribution in [0.1, 0.15) is 10.6 Å². The molecular weight excluding hydrogens is 204 g/mol. The summed E-state index contributed by atoms with van der Waals surface area (Å²) in [5.41, 5.74) is 1.21. The van der Waals surface area contributed by atoms with Crippen LogP contribution in [0.15, 0.2) is 29.9 Å². The van der Waals surface area contributed by atoms with E-state index in [-0.39, 0.29) is 0 Å². The first kappa shape index (κ1) is 8.66. The molecule has 0 aromatic carbocycles. The van der Waals surface area contributed by atoms with Crippen molar-refractivity contribution in [2.24, 2.45) is 0 Å². The molecule has 0 fully saturated rings. The number of hydrogen-bond acceptors (Lipinski definition) is 3. The van der Waals surface area contributed by atoms with E-state index in [4.69, 9.17) is 11.6 Å². The summed E-state index contributed by atoms with van der Waals surface area (Å²) in [7, 11) is 0. The van der Waals surface area contributed by atoms with E-state index in [2.05, 4.69) is 9.97 Å². The molecule has 0 N–H and O–H groups in total. The molecule has 0 atom stereocenters. The molecule has 2 aromatic rings. The summed E-state index contributed by atoms with van der Waals surface area (Å²) in [4.78, 5) is 8.12. The van der Waals surface area contributed by atoms with Gasteiger partial charge in [0.05, 0.1) is 5.01 Å². The van der Waals surface area contributed by atoms with Crippen LogP contribution >= 0.6 is 22.9 Å². The maximum absolute atomic E-state index is 5.71. The van der Waals surface area contributed by atoms with Gasteiger partial charge in [-0.05, 0) is 17.7 Å². The Bertz CT molecular complexity index is 386. The zero-order valence-corrected chi connectivity index (χ0v) is 8.35. The first-order valence-corrected chi connectivity index (χ1v) is 5.09. The van der Waals surface area contributed by atoms with Crippen molar-refractivity contribution in [1.29, 1.82) is 0 Å². The molecule has 0 spiro atoms. The lowest BCUT2D eigenvalue weighted by Gasteiger charge is -1.94. The van der Waals surface area contributed by atoms with Gasteiger partial charge in [-0.2, -0.15) is 0 Å². The quantitative estimate of drug-likeness (QED) is 0.762. The molecule has 0 bridgehead atoms. The Hall–Kier alpha value is -0.930. The number of pyridine rings is 1. The molecule has 0 aliphatic rings. The number of hydrogen-bond donors (Lipinski definition) is 0. The van der Waals surface area contributed by atoms with Crippen molar-refractivity contribution in [2.75, 3.05) is 0 Å². The van der Waals surface area contributed by atoms with Crippen LogP contribution in [-0.4, -0.2) is 9.97 Å². The van der Waals surface area contributed by atoms with Crippen molar-refractivity contribution < 1.29 is 0 Å². The zero-order chi connectivity index (χ0) is 9.10. The summed E-state index contributed by atoms with van der Waals surface area (Å²) in [6.07, 6.45) is 4.40. The second-order valence-corrected chi connectivity index (χ2v) is 3.93. The van der Waals surface area contributed by atoms with Crippen LogP contribution in [0.4, 0.5) is 0 Å². The summed E-state index contributed by atoms with van der Waals surface area (Å²) >= 11 is 7.29. The van der Waals surface area contributed by atoms with Gasteiger partial charge < -0.3 is 0 Å².